The molecule has 0 aliphatic rings. The molecule has 5 heteroatoms. The highest BCUT2D eigenvalue weighted by molar-refractivity contribution is 5.23. The highest BCUT2D eigenvalue weighted by Gasteiger charge is 2.33. The van der Waals surface area contributed by atoms with Crippen molar-refractivity contribution >= 4 is 0 Å². The number of nitrogens with two attached hydrogens (primary N) is 1. The monoisotopic (exact) mass is 207 g/mol. The maximum atomic E-state index is 13.1. The van der Waals surface area contributed by atoms with Crippen LogP contribution in [0.25, 0.3) is 0 Å². The highest BCUT2D eigenvalue weighted by Crippen LogP contribution is 2.32. The Bertz CT molecular complexity index is 325. The van der Waals surface area contributed by atoms with E-state index in [1.165, 1.54) is 0 Å². The lowest BCUT2D eigenvalue weighted by molar-refractivity contribution is -0.0141. The van der Waals surface area contributed by atoms with E-state index in [0.29, 0.717) is 6.07 Å². The maximum Gasteiger partial charge on any atom is 0.277 e. The van der Waals surface area contributed by atoms with E-state index >= 15 is 0 Å². The summed E-state index contributed by atoms with van der Waals surface area (Å²) < 4.78 is 51.5. The summed E-state index contributed by atoms with van der Waals surface area (Å²) in [4.78, 5) is 0. The van der Waals surface area contributed by atoms with Gasteiger partial charge in [-0.05, 0) is 18.7 Å². The van der Waals surface area contributed by atoms with Crippen molar-refractivity contribution < 1.29 is 17.6 Å². The molecule has 2 N–H and O–H groups in total. The van der Waals surface area contributed by atoms with E-state index in [4.69, 9.17) is 5.73 Å². The van der Waals surface area contributed by atoms with Crippen LogP contribution in [0.2, 0.25) is 0 Å². The minimum atomic E-state index is -3.34. The van der Waals surface area contributed by atoms with Gasteiger partial charge in [0, 0.05) is 12.5 Å². The van der Waals surface area contributed by atoms with Crippen molar-refractivity contribution in [2.45, 2.75) is 12.3 Å². The molecule has 78 valence electrons. The van der Waals surface area contributed by atoms with Gasteiger partial charge in [0.05, 0.1) is 5.56 Å². The number of hydrogen-bond donors (Lipinski definition) is 1. The molecular formula is C9H9F4N. The fourth-order valence-corrected chi connectivity index (χ4v) is 1.10. The van der Waals surface area contributed by atoms with Crippen molar-refractivity contribution in [1.82, 2.24) is 0 Å². The van der Waals surface area contributed by atoms with E-state index < -0.39 is 29.5 Å². The van der Waals surface area contributed by atoms with Gasteiger partial charge in [-0.2, -0.15) is 0 Å². The lowest BCUT2D eigenvalue weighted by Crippen LogP contribution is -2.20. The molecule has 14 heavy (non-hydrogen) atoms. The van der Waals surface area contributed by atoms with E-state index in [9.17, 15) is 17.6 Å². The lowest BCUT2D eigenvalue weighted by atomic mass is 10.0. The molecule has 0 unspecified atom stereocenters. The molecule has 0 aromatic heterocycles. The molecule has 1 rings (SSSR count). The van der Waals surface area contributed by atoms with Gasteiger partial charge in [-0.25, -0.2) is 17.6 Å². The molecule has 0 heterocycles. The normalized spacial score (nSPS) is 11.8. The molecular weight excluding hydrogens is 198 g/mol. The summed E-state index contributed by atoms with van der Waals surface area (Å²) in [5, 5.41) is 0. The van der Waals surface area contributed by atoms with Crippen LogP contribution in [0.1, 0.15) is 12.0 Å². The minimum absolute atomic E-state index is 0.260. The van der Waals surface area contributed by atoms with E-state index in [1.807, 2.05) is 0 Å². The van der Waals surface area contributed by atoms with Crippen LogP contribution in [-0.4, -0.2) is 6.54 Å². The molecule has 0 saturated heterocycles. The fourth-order valence-electron chi connectivity index (χ4n) is 1.10. The molecule has 1 nitrogen and oxygen atoms in total. The molecule has 0 fully saturated rings. The van der Waals surface area contributed by atoms with E-state index in [-0.39, 0.29) is 6.54 Å². The fraction of sp³-hybridized carbons (Fsp3) is 0.333. The van der Waals surface area contributed by atoms with Crippen molar-refractivity contribution in [3.63, 3.8) is 0 Å². The second kappa shape index (κ2) is 3.96. The maximum absolute atomic E-state index is 13.1. The quantitative estimate of drug-likeness (QED) is 0.757. The Labute approximate surface area is 78.5 Å². The van der Waals surface area contributed by atoms with Gasteiger partial charge in [0.1, 0.15) is 11.6 Å². The average Bonchev–Trinajstić information content (AvgIpc) is 2.02. The zero-order valence-electron chi connectivity index (χ0n) is 7.24. The van der Waals surface area contributed by atoms with Crippen molar-refractivity contribution in [2.75, 3.05) is 6.54 Å². The number of rotatable bonds is 3. The molecule has 1 aromatic carbocycles. The Morgan fingerprint density at radius 2 is 1.86 bits per heavy atom. The molecule has 0 radical (unpaired) electrons. The summed E-state index contributed by atoms with van der Waals surface area (Å²) in [6.45, 7) is -0.260. The van der Waals surface area contributed by atoms with Crippen LogP contribution in [0.3, 0.4) is 0 Å². The van der Waals surface area contributed by atoms with Crippen LogP contribution in [0, 0.1) is 11.6 Å². The zero-order valence-corrected chi connectivity index (χ0v) is 7.24. The van der Waals surface area contributed by atoms with Gasteiger partial charge >= 0.3 is 0 Å². The van der Waals surface area contributed by atoms with Gasteiger partial charge in [-0.15, -0.1) is 0 Å². The second-order valence-corrected chi connectivity index (χ2v) is 2.87. The molecule has 0 bridgehead atoms. The Kier molecular flexibility index (Phi) is 3.10. The van der Waals surface area contributed by atoms with Gasteiger partial charge in [0.15, 0.2) is 0 Å². The van der Waals surface area contributed by atoms with E-state index in [1.54, 1.807) is 0 Å². The topological polar surface area (TPSA) is 26.0 Å². The zero-order chi connectivity index (χ0) is 10.8. The summed E-state index contributed by atoms with van der Waals surface area (Å²) in [7, 11) is 0. The molecule has 0 saturated carbocycles. The first-order chi connectivity index (χ1) is 6.47. The average molecular weight is 207 g/mol. The number of hydrogen-bond acceptors (Lipinski definition) is 1. The SMILES string of the molecule is NCCC(F)(F)c1ccc(F)cc1F. The molecule has 0 amide bonds. The smallest absolute Gasteiger partial charge is 0.277 e. The van der Waals surface area contributed by atoms with Crippen molar-refractivity contribution in [3.05, 3.63) is 35.4 Å². The van der Waals surface area contributed by atoms with Crippen LogP contribution in [0.5, 0.6) is 0 Å². The number of alkyl halides is 2. The van der Waals surface area contributed by atoms with Crippen LogP contribution in [0.4, 0.5) is 17.6 Å². The predicted octanol–water partition coefficient (Wildman–Crippen LogP) is 2.41. The third kappa shape index (κ3) is 2.23. The van der Waals surface area contributed by atoms with Crippen LogP contribution in [-0.2, 0) is 5.92 Å². The number of benzene rings is 1. The van der Waals surface area contributed by atoms with Gasteiger partial charge < -0.3 is 5.73 Å². The largest absolute Gasteiger partial charge is 0.330 e. The summed E-state index contributed by atoms with van der Waals surface area (Å²) in [5.74, 6) is -5.47. The first kappa shape index (κ1) is 11.0. The Balaban J connectivity index is 3.06. The van der Waals surface area contributed by atoms with Crippen molar-refractivity contribution in [1.29, 1.82) is 0 Å². The van der Waals surface area contributed by atoms with Crippen molar-refractivity contribution in [2.24, 2.45) is 5.73 Å². The predicted molar refractivity (Wildman–Crippen MR) is 43.9 cm³/mol. The van der Waals surface area contributed by atoms with Gasteiger partial charge in [0.25, 0.3) is 5.92 Å². The Hall–Kier alpha value is -1.10. The molecule has 0 aliphatic heterocycles. The van der Waals surface area contributed by atoms with Crippen LogP contribution in [0.15, 0.2) is 18.2 Å². The second-order valence-electron chi connectivity index (χ2n) is 2.87. The first-order valence-corrected chi connectivity index (χ1v) is 4.01. The molecule has 1 aromatic rings. The van der Waals surface area contributed by atoms with Gasteiger partial charge in [0.2, 0.25) is 0 Å². The summed E-state index contributed by atoms with van der Waals surface area (Å²) in [6, 6.07) is 1.96. The van der Waals surface area contributed by atoms with E-state index in [0.717, 1.165) is 12.1 Å². The standard InChI is InChI=1S/C9H9F4N/c10-6-1-2-7(8(11)5-6)9(12,13)3-4-14/h1-2,5H,3-4,14H2. The highest BCUT2D eigenvalue weighted by atomic mass is 19.3. The summed E-state index contributed by atoms with van der Waals surface area (Å²) in [6.07, 6.45) is -0.657. The van der Waals surface area contributed by atoms with Gasteiger partial charge in [-0.3, -0.25) is 0 Å². The Morgan fingerprint density at radius 3 is 2.36 bits per heavy atom. The van der Waals surface area contributed by atoms with Crippen LogP contribution < -0.4 is 5.73 Å². The lowest BCUT2D eigenvalue weighted by Gasteiger charge is -2.16. The third-order valence-electron chi connectivity index (χ3n) is 1.78. The molecule has 0 spiro atoms. The summed E-state index contributed by atoms with van der Waals surface area (Å²) in [5.41, 5.74) is 4.14. The molecule has 0 aliphatic carbocycles. The van der Waals surface area contributed by atoms with Crippen molar-refractivity contribution in [3.8, 4) is 0 Å². The first-order valence-electron chi connectivity index (χ1n) is 4.01. The molecule has 0 atom stereocenters. The van der Waals surface area contributed by atoms with Crippen LogP contribution >= 0.6 is 0 Å². The third-order valence-corrected chi connectivity index (χ3v) is 1.78. The Morgan fingerprint density at radius 1 is 1.21 bits per heavy atom. The minimum Gasteiger partial charge on any atom is -0.330 e. The summed E-state index contributed by atoms with van der Waals surface area (Å²) >= 11 is 0. The number of halogens is 4. The van der Waals surface area contributed by atoms with Gasteiger partial charge in [-0.1, -0.05) is 0 Å². The van der Waals surface area contributed by atoms with E-state index in [2.05, 4.69) is 0 Å².